The van der Waals surface area contributed by atoms with Crippen LogP contribution < -0.4 is 14.4 Å². The molecule has 1 aromatic carbocycles. The number of fused-ring (bicyclic) bond motifs is 1. The monoisotopic (exact) mass is 392 g/mol. The van der Waals surface area contributed by atoms with Crippen LogP contribution in [0.15, 0.2) is 41.8 Å². The highest BCUT2D eigenvalue weighted by Crippen LogP contribution is 2.38. The molecular weight excluding hydrogens is 368 g/mol. The Kier molecular flexibility index (Phi) is 5.25. The van der Waals surface area contributed by atoms with E-state index in [1.165, 1.54) is 19.1 Å². The molecule has 3 rings (SSSR count). The number of nitrogens with zero attached hydrogens (tertiary/aromatic N) is 3. The molecule has 0 spiro atoms. The minimum absolute atomic E-state index is 0.110. The summed E-state index contributed by atoms with van der Waals surface area (Å²) in [7, 11) is -3.68. The van der Waals surface area contributed by atoms with Crippen LogP contribution in [0.3, 0.4) is 0 Å². The van der Waals surface area contributed by atoms with Crippen molar-refractivity contribution in [3.63, 3.8) is 0 Å². The van der Waals surface area contributed by atoms with Gasteiger partial charge in [-0.1, -0.05) is 0 Å². The number of aromatic nitrogens is 2. The molecule has 2 aromatic rings. The zero-order valence-electron chi connectivity index (χ0n) is 15.7. The first-order valence-corrected chi connectivity index (χ1v) is 10.2. The summed E-state index contributed by atoms with van der Waals surface area (Å²) < 4.78 is 35.6. The molecule has 0 atom stereocenters. The van der Waals surface area contributed by atoms with Gasteiger partial charge in [0.2, 0.25) is 15.9 Å². The van der Waals surface area contributed by atoms with Crippen molar-refractivity contribution >= 4 is 21.6 Å². The summed E-state index contributed by atoms with van der Waals surface area (Å²) in [5.74, 6) is 0.343. The van der Waals surface area contributed by atoms with Crippen molar-refractivity contribution in [3.8, 4) is 5.75 Å². The number of amides is 1. The second-order valence-corrected chi connectivity index (χ2v) is 8.92. The minimum Gasteiger partial charge on any atom is -0.484 e. The molecule has 27 heavy (non-hydrogen) atoms. The molecular formula is C18H24N4O4S. The molecule has 2 heterocycles. The molecule has 146 valence electrons. The number of aryl methyl sites for hydroxylation is 1. The predicted molar refractivity (Wildman–Crippen MR) is 101 cm³/mol. The summed E-state index contributed by atoms with van der Waals surface area (Å²) in [6.07, 6.45) is 5.84. The molecule has 0 radical (unpaired) electrons. The highest BCUT2D eigenvalue weighted by Gasteiger charge is 2.34. The first-order valence-electron chi connectivity index (χ1n) is 8.74. The van der Waals surface area contributed by atoms with Crippen LogP contribution in [0, 0.1) is 0 Å². The average molecular weight is 392 g/mol. The number of ether oxygens (including phenoxy) is 1. The number of hydrogen-bond acceptors (Lipinski definition) is 5. The molecule has 0 saturated carbocycles. The van der Waals surface area contributed by atoms with Crippen molar-refractivity contribution in [2.45, 2.75) is 44.2 Å². The Morgan fingerprint density at radius 2 is 2.15 bits per heavy atom. The van der Waals surface area contributed by atoms with Crippen LogP contribution in [0.25, 0.3) is 0 Å². The number of sulfonamides is 1. The van der Waals surface area contributed by atoms with Crippen LogP contribution in [0.4, 0.5) is 5.69 Å². The molecule has 8 nitrogen and oxygen atoms in total. The Morgan fingerprint density at radius 1 is 1.37 bits per heavy atom. The van der Waals surface area contributed by atoms with Gasteiger partial charge in [0.25, 0.3) is 0 Å². The van der Waals surface area contributed by atoms with E-state index in [4.69, 9.17) is 4.74 Å². The topological polar surface area (TPSA) is 93.5 Å². The highest BCUT2D eigenvalue weighted by molar-refractivity contribution is 7.89. The van der Waals surface area contributed by atoms with E-state index < -0.39 is 15.6 Å². The van der Waals surface area contributed by atoms with Gasteiger partial charge in [-0.3, -0.25) is 4.79 Å². The van der Waals surface area contributed by atoms with Gasteiger partial charge in [-0.15, -0.1) is 0 Å². The fraction of sp³-hybridized carbons (Fsp3) is 0.444. The molecule has 0 saturated heterocycles. The van der Waals surface area contributed by atoms with Crippen LogP contribution >= 0.6 is 0 Å². The third-order valence-electron chi connectivity index (χ3n) is 4.28. The average Bonchev–Trinajstić information content (AvgIpc) is 3.10. The summed E-state index contributed by atoms with van der Waals surface area (Å²) in [5.41, 5.74) is -0.0620. The van der Waals surface area contributed by atoms with Crippen LogP contribution in [-0.4, -0.2) is 42.6 Å². The molecule has 0 bridgehead atoms. The van der Waals surface area contributed by atoms with Crippen LogP contribution in [0.5, 0.6) is 5.75 Å². The van der Waals surface area contributed by atoms with Crippen LogP contribution in [-0.2, 0) is 21.4 Å². The lowest BCUT2D eigenvalue weighted by molar-refractivity contribution is -0.117. The van der Waals surface area contributed by atoms with Crippen molar-refractivity contribution in [2.24, 2.45) is 0 Å². The summed E-state index contributed by atoms with van der Waals surface area (Å²) >= 11 is 0. The lowest BCUT2D eigenvalue weighted by Gasteiger charge is -2.39. The van der Waals surface area contributed by atoms with E-state index in [1.54, 1.807) is 23.5 Å². The largest absolute Gasteiger partial charge is 0.484 e. The molecule has 1 aliphatic rings. The van der Waals surface area contributed by atoms with Gasteiger partial charge in [0.15, 0.2) is 0 Å². The van der Waals surface area contributed by atoms with Gasteiger partial charge in [-0.25, -0.2) is 18.1 Å². The summed E-state index contributed by atoms with van der Waals surface area (Å²) in [6, 6.07) is 4.59. The van der Waals surface area contributed by atoms with Gasteiger partial charge in [0, 0.05) is 32.4 Å². The number of anilines is 1. The third kappa shape index (κ3) is 4.48. The molecule has 1 aromatic heterocycles. The van der Waals surface area contributed by atoms with Gasteiger partial charge in [0.1, 0.15) is 11.4 Å². The summed E-state index contributed by atoms with van der Waals surface area (Å²) in [4.78, 5) is 17.6. The molecule has 1 amide bonds. The second kappa shape index (κ2) is 7.32. The van der Waals surface area contributed by atoms with E-state index in [0.717, 1.165) is 0 Å². The van der Waals surface area contributed by atoms with Crippen molar-refractivity contribution in [2.75, 3.05) is 18.0 Å². The Labute approximate surface area is 159 Å². The van der Waals surface area contributed by atoms with E-state index in [-0.39, 0.29) is 10.8 Å². The maximum atomic E-state index is 12.6. The Hall–Kier alpha value is -2.39. The lowest BCUT2D eigenvalue weighted by atomic mass is 10.1. The predicted octanol–water partition coefficient (Wildman–Crippen LogP) is 1.78. The van der Waals surface area contributed by atoms with Crippen LogP contribution in [0.1, 0.15) is 27.2 Å². The number of hydrogen-bond donors (Lipinski definition) is 1. The molecule has 1 aliphatic heterocycles. The quantitative estimate of drug-likeness (QED) is 0.757. The molecule has 0 aliphatic carbocycles. The number of rotatable bonds is 6. The van der Waals surface area contributed by atoms with Crippen LogP contribution in [0.2, 0.25) is 0 Å². The Balaban J connectivity index is 1.74. The smallest absolute Gasteiger partial charge is 0.240 e. The van der Waals surface area contributed by atoms with Gasteiger partial charge >= 0.3 is 0 Å². The number of carbonyl (C=O) groups excluding carboxylic acids is 1. The van der Waals surface area contributed by atoms with E-state index in [0.29, 0.717) is 37.5 Å². The van der Waals surface area contributed by atoms with Gasteiger partial charge in [-0.2, -0.15) is 0 Å². The van der Waals surface area contributed by atoms with E-state index in [9.17, 15) is 13.2 Å². The molecule has 1 N–H and O–H groups in total. The maximum absolute atomic E-state index is 12.6. The first kappa shape index (κ1) is 19.4. The zero-order valence-corrected chi connectivity index (χ0v) is 16.5. The van der Waals surface area contributed by atoms with Gasteiger partial charge in [0.05, 0.1) is 23.5 Å². The SMILES string of the molecule is CC(=O)N1CC(C)(C)Oc2ccc(S(=O)(=O)NCCCn3ccnc3)cc21. The van der Waals surface area contributed by atoms with Crippen molar-refractivity contribution in [1.82, 2.24) is 14.3 Å². The second-order valence-electron chi connectivity index (χ2n) is 7.15. The summed E-state index contributed by atoms with van der Waals surface area (Å²) in [6.45, 7) is 6.57. The minimum atomic E-state index is -3.68. The van der Waals surface area contributed by atoms with Crippen molar-refractivity contribution < 1.29 is 17.9 Å². The Morgan fingerprint density at radius 3 is 2.81 bits per heavy atom. The molecule has 9 heteroatoms. The lowest BCUT2D eigenvalue weighted by Crippen LogP contribution is -2.48. The third-order valence-corrected chi connectivity index (χ3v) is 5.74. The standard InChI is InChI=1S/C18H24N4O4S/c1-14(23)22-12-18(2,3)26-17-6-5-15(11-16(17)22)27(24,25)20-7-4-9-21-10-8-19-13-21/h5-6,8,10-11,13,20H,4,7,9,12H2,1-3H3. The van der Waals surface area contributed by atoms with E-state index in [2.05, 4.69) is 9.71 Å². The fourth-order valence-corrected chi connectivity index (χ4v) is 4.10. The zero-order chi connectivity index (χ0) is 19.7. The van der Waals surface area contributed by atoms with Gasteiger partial charge < -0.3 is 14.2 Å². The number of nitrogens with one attached hydrogen (secondary N) is 1. The normalized spacial score (nSPS) is 15.9. The number of imidazole rings is 1. The highest BCUT2D eigenvalue weighted by atomic mass is 32.2. The number of carbonyl (C=O) groups is 1. The summed E-state index contributed by atoms with van der Waals surface area (Å²) in [5, 5.41) is 0. The maximum Gasteiger partial charge on any atom is 0.240 e. The first-order chi connectivity index (χ1) is 12.7. The van der Waals surface area contributed by atoms with E-state index in [1.807, 2.05) is 24.6 Å². The molecule has 0 fully saturated rings. The van der Waals surface area contributed by atoms with E-state index >= 15 is 0 Å². The van der Waals surface area contributed by atoms with Gasteiger partial charge in [-0.05, 0) is 38.5 Å². The van der Waals surface area contributed by atoms with Crippen molar-refractivity contribution in [3.05, 3.63) is 36.9 Å². The number of benzene rings is 1. The van der Waals surface area contributed by atoms with Crippen molar-refractivity contribution in [1.29, 1.82) is 0 Å². The molecule has 0 unspecified atom stereocenters. The Bertz CT molecular complexity index is 923. The fourth-order valence-electron chi connectivity index (χ4n) is 3.01.